The summed E-state index contributed by atoms with van der Waals surface area (Å²) in [6.45, 7) is 6.35. The Hall–Kier alpha value is -2.41. The molecule has 1 unspecified atom stereocenters. The number of nitrogens with one attached hydrogen (secondary N) is 2. The highest BCUT2D eigenvalue weighted by Crippen LogP contribution is 2.37. The number of unbranched alkanes of at least 4 members (excludes halogenated alkanes) is 1. The Morgan fingerprint density at radius 3 is 2.52 bits per heavy atom. The lowest BCUT2D eigenvalue weighted by Gasteiger charge is -2.29. The quantitative estimate of drug-likeness (QED) is 0.366. The van der Waals surface area contributed by atoms with Crippen LogP contribution in [0.25, 0.3) is 0 Å². The van der Waals surface area contributed by atoms with Crippen LogP contribution in [0, 0.1) is 6.92 Å². The number of hydrogen-bond acceptors (Lipinski definition) is 4. The van der Waals surface area contributed by atoms with Gasteiger partial charge in [0.05, 0.1) is 5.41 Å². The number of nitrogens with zero attached hydrogens (tertiary/aromatic N) is 1. The molecule has 1 fully saturated rings. The molecule has 1 aliphatic heterocycles. The van der Waals surface area contributed by atoms with Gasteiger partial charge in [-0.25, -0.2) is 5.48 Å². The van der Waals surface area contributed by atoms with E-state index in [1.165, 1.54) is 6.92 Å². The van der Waals surface area contributed by atoms with Gasteiger partial charge in [0.1, 0.15) is 6.04 Å². The molecule has 3 amide bonds. The molecule has 1 aromatic carbocycles. The van der Waals surface area contributed by atoms with E-state index in [0.29, 0.717) is 38.8 Å². The predicted octanol–water partition coefficient (Wildman–Crippen LogP) is 1.67. The zero-order valence-electron chi connectivity index (χ0n) is 16.2. The Morgan fingerprint density at radius 1 is 1.26 bits per heavy atom. The minimum Gasteiger partial charge on any atom is -0.356 e. The maximum Gasteiger partial charge on any atom is 0.266 e. The van der Waals surface area contributed by atoms with Gasteiger partial charge in [-0.2, -0.15) is 0 Å². The maximum absolute atomic E-state index is 13.2. The van der Waals surface area contributed by atoms with Gasteiger partial charge in [0, 0.05) is 20.0 Å². The van der Waals surface area contributed by atoms with Crippen LogP contribution in [-0.4, -0.2) is 47.0 Å². The van der Waals surface area contributed by atoms with Crippen LogP contribution in [0.2, 0.25) is 0 Å². The van der Waals surface area contributed by atoms with Gasteiger partial charge in [-0.1, -0.05) is 29.8 Å². The number of amides is 3. The third-order valence-corrected chi connectivity index (χ3v) is 5.34. The SMILES string of the molecule is CC(=O)NCCCC[C@H](C(=O)NO)N1CCC(C)(c2ccc(C)cc2)C1=O. The van der Waals surface area contributed by atoms with Gasteiger partial charge in [0.15, 0.2) is 0 Å². The number of benzene rings is 1. The van der Waals surface area contributed by atoms with Crippen LogP contribution in [0.3, 0.4) is 0 Å². The molecule has 148 valence electrons. The summed E-state index contributed by atoms with van der Waals surface area (Å²) in [4.78, 5) is 37.8. The topological polar surface area (TPSA) is 98.7 Å². The van der Waals surface area contributed by atoms with Crippen LogP contribution in [0.15, 0.2) is 24.3 Å². The zero-order valence-corrected chi connectivity index (χ0v) is 16.2. The highest BCUT2D eigenvalue weighted by atomic mass is 16.5. The average molecular weight is 375 g/mol. The second-order valence-electron chi connectivity index (χ2n) is 7.42. The molecule has 2 rings (SSSR count). The molecule has 27 heavy (non-hydrogen) atoms. The van der Waals surface area contributed by atoms with Crippen molar-refractivity contribution in [1.82, 2.24) is 15.7 Å². The number of likely N-dealkylation sites (tertiary alicyclic amines) is 1. The van der Waals surface area contributed by atoms with Crippen molar-refractivity contribution in [2.24, 2.45) is 0 Å². The van der Waals surface area contributed by atoms with Crippen molar-refractivity contribution in [2.75, 3.05) is 13.1 Å². The minimum atomic E-state index is -0.716. The summed E-state index contributed by atoms with van der Waals surface area (Å²) in [6.07, 6.45) is 2.41. The first-order valence-corrected chi connectivity index (χ1v) is 9.36. The van der Waals surface area contributed by atoms with Crippen LogP contribution in [0.4, 0.5) is 0 Å². The van der Waals surface area contributed by atoms with E-state index in [1.807, 2.05) is 38.1 Å². The van der Waals surface area contributed by atoms with E-state index in [4.69, 9.17) is 5.21 Å². The van der Waals surface area contributed by atoms with E-state index in [0.717, 1.165) is 11.1 Å². The number of hydroxylamine groups is 1. The highest BCUT2D eigenvalue weighted by Gasteiger charge is 2.47. The molecule has 3 N–H and O–H groups in total. The van der Waals surface area contributed by atoms with Crippen molar-refractivity contribution in [3.63, 3.8) is 0 Å². The van der Waals surface area contributed by atoms with Crippen molar-refractivity contribution < 1.29 is 19.6 Å². The van der Waals surface area contributed by atoms with E-state index >= 15 is 0 Å². The molecule has 1 aliphatic rings. The molecule has 1 saturated heterocycles. The second-order valence-corrected chi connectivity index (χ2v) is 7.42. The maximum atomic E-state index is 13.2. The summed E-state index contributed by atoms with van der Waals surface area (Å²) in [5.74, 6) is -0.763. The van der Waals surface area contributed by atoms with Crippen molar-refractivity contribution in [3.05, 3.63) is 35.4 Å². The predicted molar refractivity (Wildman–Crippen MR) is 101 cm³/mol. The second kappa shape index (κ2) is 8.99. The van der Waals surface area contributed by atoms with Crippen LogP contribution < -0.4 is 10.8 Å². The van der Waals surface area contributed by atoms with E-state index < -0.39 is 17.4 Å². The van der Waals surface area contributed by atoms with Gasteiger partial charge in [0.2, 0.25) is 11.8 Å². The first kappa shape index (κ1) is 20.9. The third-order valence-electron chi connectivity index (χ3n) is 5.34. The van der Waals surface area contributed by atoms with Crippen molar-refractivity contribution in [1.29, 1.82) is 0 Å². The van der Waals surface area contributed by atoms with Gasteiger partial charge in [-0.05, 0) is 45.1 Å². The molecule has 1 aromatic rings. The third kappa shape index (κ3) is 4.86. The Bertz CT molecular complexity index is 689. The number of aryl methyl sites for hydroxylation is 1. The molecule has 0 aromatic heterocycles. The van der Waals surface area contributed by atoms with Gasteiger partial charge in [-0.3, -0.25) is 19.6 Å². The van der Waals surface area contributed by atoms with Crippen LogP contribution in [0.1, 0.15) is 50.7 Å². The summed E-state index contributed by atoms with van der Waals surface area (Å²) in [7, 11) is 0. The molecule has 0 radical (unpaired) electrons. The fraction of sp³-hybridized carbons (Fsp3) is 0.550. The Morgan fingerprint density at radius 2 is 1.93 bits per heavy atom. The van der Waals surface area contributed by atoms with Gasteiger partial charge in [-0.15, -0.1) is 0 Å². The smallest absolute Gasteiger partial charge is 0.266 e. The zero-order chi connectivity index (χ0) is 20.0. The van der Waals surface area contributed by atoms with Gasteiger partial charge >= 0.3 is 0 Å². The fourth-order valence-electron chi connectivity index (χ4n) is 3.59. The minimum absolute atomic E-state index is 0.0942. The van der Waals surface area contributed by atoms with Gasteiger partial charge in [0.25, 0.3) is 5.91 Å². The van der Waals surface area contributed by atoms with E-state index in [2.05, 4.69) is 5.32 Å². The Labute approximate surface area is 160 Å². The lowest BCUT2D eigenvalue weighted by atomic mass is 9.81. The molecule has 0 saturated carbocycles. The van der Waals surface area contributed by atoms with E-state index in [1.54, 1.807) is 10.4 Å². The summed E-state index contributed by atoms with van der Waals surface area (Å²) in [5, 5.41) is 11.8. The standard InChI is InChI=1S/C20H29N3O4/c1-14-7-9-16(10-8-14)20(3)11-13-23(19(20)26)17(18(25)22-27)6-4-5-12-21-15(2)24/h7-10,17,27H,4-6,11-13H2,1-3H3,(H,21,24)(H,22,25)/t17-,20?/m1/s1. The van der Waals surface area contributed by atoms with Crippen LogP contribution >= 0.6 is 0 Å². The summed E-state index contributed by atoms with van der Waals surface area (Å²) in [6, 6.07) is 7.18. The van der Waals surface area contributed by atoms with Crippen molar-refractivity contribution in [2.45, 2.75) is 57.9 Å². The number of carbonyl (C=O) groups excluding carboxylic acids is 3. The molecular formula is C20H29N3O4. The highest BCUT2D eigenvalue weighted by molar-refractivity contribution is 5.94. The Balaban J connectivity index is 2.07. The van der Waals surface area contributed by atoms with Crippen LogP contribution in [-0.2, 0) is 19.8 Å². The molecule has 2 atom stereocenters. The van der Waals surface area contributed by atoms with Gasteiger partial charge < -0.3 is 10.2 Å². The monoisotopic (exact) mass is 375 g/mol. The number of rotatable bonds is 8. The Kier molecular flexibility index (Phi) is 6.96. The number of hydrogen-bond donors (Lipinski definition) is 3. The van der Waals surface area contributed by atoms with Crippen molar-refractivity contribution in [3.8, 4) is 0 Å². The summed E-state index contributed by atoms with van der Waals surface area (Å²) < 4.78 is 0. The van der Waals surface area contributed by atoms with Crippen molar-refractivity contribution >= 4 is 17.7 Å². The van der Waals surface area contributed by atoms with E-state index in [-0.39, 0.29) is 11.8 Å². The molecular weight excluding hydrogens is 346 g/mol. The van der Waals surface area contributed by atoms with Crippen LogP contribution in [0.5, 0.6) is 0 Å². The largest absolute Gasteiger partial charge is 0.356 e. The first-order valence-electron chi connectivity index (χ1n) is 9.36. The summed E-state index contributed by atoms with van der Waals surface area (Å²) >= 11 is 0. The fourth-order valence-corrected chi connectivity index (χ4v) is 3.59. The number of carbonyl (C=O) groups is 3. The average Bonchev–Trinajstić information content (AvgIpc) is 2.94. The van der Waals surface area contributed by atoms with E-state index in [9.17, 15) is 14.4 Å². The lowest BCUT2D eigenvalue weighted by molar-refractivity contribution is -0.144. The molecule has 0 spiro atoms. The molecule has 7 nitrogen and oxygen atoms in total. The molecule has 1 heterocycles. The molecule has 0 bridgehead atoms. The normalized spacial score (nSPS) is 20.4. The summed E-state index contributed by atoms with van der Waals surface area (Å²) in [5.41, 5.74) is 3.09. The lowest BCUT2D eigenvalue weighted by Crippen LogP contribution is -2.49. The molecule has 7 heteroatoms. The first-order chi connectivity index (χ1) is 12.8. The molecule has 0 aliphatic carbocycles.